The summed E-state index contributed by atoms with van der Waals surface area (Å²) in [6.07, 6.45) is 6.46. The Bertz CT molecular complexity index is 1080. The third-order valence-corrected chi connectivity index (χ3v) is 6.77. The Hall–Kier alpha value is -2.82. The number of benzene rings is 1. The quantitative estimate of drug-likeness (QED) is 0.370. The van der Waals surface area contributed by atoms with Gasteiger partial charge in [0, 0.05) is 24.2 Å². The van der Waals surface area contributed by atoms with Crippen LogP contribution in [0.15, 0.2) is 47.1 Å². The molecule has 0 atom stereocenters. The van der Waals surface area contributed by atoms with Crippen molar-refractivity contribution in [3.63, 3.8) is 0 Å². The molecule has 0 bridgehead atoms. The van der Waals surface area contributed by atoms with Gasteiger partial charge in [-0.05, 0) is 31.4 Å². The van der Waals surface area contributed by atoms with Crippen molar-refractivity contribution in [3.05, 3.63) is 51.9 Å². The second-order valence-corrected chi connectivity index (χ2v) is 9.14. The van der Waals surface area contributed by atoms with Crippen LogP contribution < -0.4 is 10.2 Å². The summed E-state index contributed by atoms with van der Waals surface area (Å²) in [5, 5.41) is 13.1. The van der Waals surface area contributed by atoms with Gasteiger partial charge in [-0.1, -0.05) is 80.6 Å². The summed E-state index contributed by atoms with van der Waals surface area (Å²) in [4.78, 5) is 20.8. The predicted octanol–water partition coefficient (Wildman–Crippen LogP) is 5.90. The van der Waals surface area contributed by atoms with E-state index in [1.54, 1.807) is 18.3 Å². The molecule has 1 aliphatic rings. The Morgan fingerprint density at radius 3 is 2.44 bits per heavy atom. The van der Waals surface area contributed by atoms with Crippen LogP contribution in [0.1, 0.15) is 51.3 Å². The zero-order chi connectivity index (χ0) is 23.1. The number of hydrogen-bond donors (Lipinski definition) is 1. The van der Waals surface area contributed by atoms with Crippen LogP contribution in [0.25, 0.3) is 17.3 Å². The Kier molecular flexibility index (Phi) is 8.32. The first-order valence-electron chi connectivity index (χ1n) is 11.0. The topological polar surface area (TPSA) is 69.0 Å². The molecular formula is C25H28N4OS2. The number of aromatic nitrogens is 1. The first-order chi connectivity index (χ1) is 15.5. The lowest BCUT2D eigenvalue weighted by molar-refractivity contribution is -0.115. The van der Waals surface area contributed by atoms with Gasteiger partial charge in [-0.2, -0.15) is 5.26 Å². The molecule has 32 heavy (non-hydrogen) atoms. The van der Waals surface area contributed by atoms with Crippen molar-refractivity contribution in [2.75, 3.05) is 18.0 Å². The van der Waals surface area contributed by atoms with Crippen LogP contribution in [-0.2, 0) is 4.79 Å². The number of thiocarbonyl (C=S) groups is 1. The third kappa shape index (κ3) is 5.32. The van der Waals surface area contributed by atoms with Crippen LogP contribution in [0.4, 0.5) is 5.13 Å². The van der Waals surface area contributed by atoms with Gasteiger partial charge in [0.25, 0.3) is 5.91 Å². The summed E-state index contributed by atoms with van der Waals surface area (Å²) in [5.41, 5.74) is 3.31. The van der Waals surface area contributed by atoms with Crippen LogP contribution in [0, 0.1) is 11.3 Å². The number of carbonyl (C=O) groups is 1. The van der Waals surface area contributed by atoms with Crippen LogP contribution in [0.3, 0.4) is 0 Å². The number of nitriles is 1. The third-order valence-electron chi connectivity index (χ3n) is 5.39. The number of hydrogen-bond acceptors (Lipinski definition) is 6. The van der Waals surface area contributed by atoms with E-state index in [2.05, 4.69) is 24.1 Å². The second-order valence-electron chi connectivity index (χ2n) is 7.72. The molecule has 0 saturated heterocycles. The van der Waals surface area contributed by atoms with Crippen molar-refractivity contribution < 1.29 is 4.79 Å². The second kappa shape index (κ2) is 11.2. The maximum absolute atomic E-state index is 12.1. The van der Waals surface area contributed by atoms with Gasteiger partial charge in [0.2, 0.25) is 0 Å². The number of nitrogens with zero attached hydrogens (tertiary/aromatic N) is 3. The van der Waals surface area contributed by atoms with Gasteiger partial charge in [0.15, 0.2) is 5.13 Å². The SMILES string of the molecule is CCCCN(CCCC)c1nc(-c2ccccc2)c(/C=C2\C(=S)NC(=O)C(C#N)=C2C)s1. The molecular weight excluding hydrogens is 436 g/mol. The smallest absolute Gasteiger partial charge is 0.267 e. The first-order valence-corrected chi connectivity index (χ1v) is 12.2. The maximum Gasteiger partial charge on any atom is 0.267 e. The van der Waals surface area contributed by atoms with Crippen LogP contribution in [0.5, 0.6) is 0 Å². The highest BCUT2D eigenvalue weighted by atomic mass is 32.1. The average Bonchev–Trinajstić information content (AvgIpc) is 3.21. The van der Waals surface area contributed by atoms with E-state index in [9.17, 15) is 10.1 Å². The molecule has 0 radical (unpaired) electrons. The van der Waals surface area contributed by atoms with Crippen LogP contribution >= 0.6 is 23.6 Å². The van der Waals surface area contributed by atoms with Gasteiger partial charge >= 0.3 is 0 Å². The molecule has 1 aromatic heterocycles. The summed E-state index contributed by atoms with van der Waals surface area (Å²) >= 11 is 7.08. The Morgan fingerprint density at radius 2 is 1.84 bits per heavy atom. The summed E-state index contributed by atoms with van der Waals surface area (Å²) in [6.45, 7) is 8.12. The number of unbranched alkanes of at least 4 members (excludes halogenated alkanes) is 2. The normalized spacial score (nSPS) is 15.1. The fourth-order valence-electron chi connectivity index (χ4n) is 3.50. The molecule has 1 aliphatic heterocycles. The Morgan fingerprint density at radius 1 is 1.19 bits per heavy atom. The highest BCUT2D eigenvalue weighted by molar-refractivity contribution is 7.80. The van der Waals surface area contributed by atoms with Gasteiger partial charge in [-0.25, -0.2) is 4.98 Å². The maximum atomic E-state index is 12.1. The molecule has 1 N–H and O–H groups in total. The summed E-state index contributed by atoms with van der Waals surface area (Å²) in [6, 6.07) is 12.1. The number of carbonyl (C=O) groups excluding carboxylic acids is 1. The summed E-state index contributed by atoms with van der Waals surface area (Å²) < 4.78 is 0. The molecule has 7 heteroatoms. The average molecular weight is 465 g/mol. The number of thiazole rings is 1. The van der Waals surface area contributed by atoms with Crippen molar-refractivity contribution >= 4 is 45.7 Å². The van der Waals surface area contributed by atoms with E-state index in [4.69, 9.17) is 17.2 Å². The molecule has 0 fully saturated rings. The fourth-order valence-corrected chi connectivity index (χ4v) is 4.89. The van der Waals surface area contributed by atoms with Gasteiger partial charge in [-0.3, -0.25) is 4.79 Å². The fraction of sp³-hybridized carbons (Fsp3) is 0.360. The van der Waals surface area contributed by atoms with Crippen molar-refractivity contribution in [3.8, 4) is 17.3 Å². The molecule has 0 saturated carbocycles. The Balaban J connectivity index is 2.13. The van der Waals surface area contributed by atoms with Gasteiger partial charge in [-0.15, -0.1) is 0 Å². The molecule has 2 aromatic rings. The van der Waals surface area contributed by atoms with Crippen molar-refractivity contribution in [1.82, 2.24) is 10.3 Å². The van der Waals surface area contributed by atoms with E-state index in [1.165, 1.54) is 0 Å². The standard InChI is InChI=1S/C25H28N4OS2/c1-4-6-13-29(14-7-5-2)25-27-22(18-11-9-8-10-12-18)21(32-25)15-19-17(3)20(16-26)23(30)28-24(19)31/h8-12,15H,4-7,13-14H2,1-3H3,(H,28,30,31)/b19-15-. The Labute approximate surface area is 199 Å². The number of nitrogens with one attached hydrogen (secondary N) is 1. The lowest BCUT2D eigenvalue weighted by atomic mass is 9.96. The monoisotopic (exact) mass is 464 g/mol. The molecule has 0 aliphatic carbocycles. The molecule has 0 spiro atoms. The molecule has 1 amide bonds. The minimum absolute atomic E-state index is 0.100. The molecule has 1 aromatic carbocycles. The highest BCUT2D eigenvalue weighted by Crippen LogP contribution is 2.36. The molecule has 166 valence electrons. The molecule has 0 unspecified atom stereocenters. The van der Waals surface area contributed by atoms with Gasteiger partial charge in [0.1, 0.15) is 16.6 Å². The van der Waals surface area contributed by atoms with Crippen molar-refractivity contribution in [2.24, 2.45) is 0 Å². The largest absolute Gasteiger partial charge is 0.348 e. The molecule has 2 heterocycles. The minimum atomic E-state index is -0.439. The summed E-state index contributed by atoms with van der Waals surface area (Å²) in [7, 11) is 0. The van der Waals surface area contributed by atoms with Crippen LogP contribution in [-0.4, -0.2) is 29.0 Å². The lowest BCUT2D eigenvalue weighted by Crippen LogP contribution is -2.36. The first kappa shape index (κ1) is 23.8. The van der Waals surface area contributed by atoms with E-state index in [0.29, 0.717) is 16.1 Å². The summed E-state index contributed by atoms with van der Waals surface area (Å²) in [5.74, 6) is -0.439. The highest BCUT2D eigenvalue weighted by Gasteiger charge is 2.26. The van der Waals surface area contributed by atoms with Gasteiger partial charge in [0.05, 0.1) is 10.6 Å². The minimum Gasteiger partial charge on any atom is -0.348 e. The zero-order valence-electron chi connectivity index (χ0n) is 18.8. The zero-order valence-corrected chi connectivity index (χ0v) is 20.4. The van der Waals surface area contributed by atoms with E-state index >= 15 is 0 Å². The molecule has 3 rings (SSSR count). The van der Waals surface area contributed by atoms with Crippen molar-refractivity contribution in [2.45, 2.75) is 46.5 Å². The number of amides is 1. The lowest BCUT2D eigenvalue weighted by Gasteiger charge is -2.21. The van der Waals surface area contributed by atoms with E-state index in [-0.39, 0.29) is 5.57 Å². The van der Waals surface area contributed by atoms with Crippen LogP contribution in [0.2, 0.25) is 0 Å². The number of anilines is 1. The molecule has 5 nitrogen and oxygen atoms in total. The van der Waals surface area contributed by atoms with E-state index in [0.717, 1.165) is 60.0 Å². The predicted molar refractivity (Wildman–Crippen MR) is 137 cm³/mol. The van der Waals surface area contributed by atoms with Crippen molar-refractivity contribution in [1.29, 1.82) is 5.26 Å². The number of rotatable bonds is 9. The van der Waals surface area contributed by atoms with E-state index in [1.807, 2.05) is 42.5 Å². The van der Waals surface area contributed by atoms with E-state index < -0.39 is 5.91 Å². The van der Waals surface area contributed by atoms with Gasteiger partial charge < -0.3 is 10.2 Å².